The Morgan fingerprint density at radius 1 is 1.40 bits per heavy atom. The van der Waals surface area contributed by atoms with Gasteiger partial charge in [0.25, 0.3) is 5.91 Å². The highest BCUT2D eigenvalue weighted by atomic mass is 16.1. The van der Waals surface area contributed by atoms with Gasteiger partial charge in [-0.3, -0.25) is 9.89 Å². The van der Waals surface area contributed by atoms with Gasteiger partial charge in [-0.05, 0) is 44.4 Å². The number of aromatic amines is 1. The van der Waals surface area contributed by atoms with E-state index in [1.165, 1.54) is 5.56 Å². The van der Waals surface area contributed by atoms with Crippen LogP contribution in [0.1, 0.15) is 33.9 Å². The molecule has 2 rings (SSSR count). The monoisotopic (exact) mass is 273 g/mol. The molecule has 0 atom stereocenters. The molecule has 4 N–H and O–H groups in total. The lowest BCUT2D eigenvalue weighted by Crippen LogP contribution is -2.25. The molecule has 0 spiro atoms. The van der Waals surface area contributed by atoms with Crippen LogP contribution >= 0.6 is 0 Å². The van der Waals surface area contributed by atoms with E-state index in [2.05, 4.69) is 20.5 Å². The quantitative estimate of drug-likeness (QED) is 0.717. The lowest BCUT2D eigenvalue weighted by molar-refractivity contribution is 0.0948. The maximum atomic E-state index is 11.8. The summed E-state index contributed by atoms with van der Waals surface area (Å²) in [6.07, 6.45) is 1.74. The van der Waals surface area contributed by atoms with Crippen LogP contribution in [0.2, 0.25) is 0 Å². The SMILES string of the molecule is Cc1n[nH]c(C)c1CCCNC(=O)c1cccc(N)n1. The molecule has 1 amide bonds. The van der Waals surface area contributed by atoms with Gasteiger partial charge in [-0.15, -0.1) is 0 Å². The van der Waals surface area contributed by atoms with Crippen LogP contribution in [0.5, 0.6) is 0 Å². The smallest absolute Gasteiger partial charge is 0.269 e. The van der Waals surface area contributed by atoms with Crippen molar-refractivity contribution in [2.24, 2.45) is 0 Å². The number of hydrogen-bond acceptors (Lipinski definition) is 4. The van der Waals surface area contributed by atoms with Crippen molar-refractivity contribution in [1.82, 2.24) is 20.5 Å². The largest absolute Gasteiger partial charge is 0.384 e. The second-order valence-electron chi connectivity index (χ2n) is 4.72. The molecule has 0 radical (unpaired) electrons. The fourth-order valence-electron chi connectivity index (χ4n) is 2.08. The molecule has 6 nitrogen and oxygen atoms in total. The molecular formula is C14H19N5O. The maximum absolute atomic E-state index is 11.8. The number of H-pyrrole nitrogens is 1. The van der Waals surface area contributed by atoms with Crippen LogP contribution in [-0.2, 0) is 6.42 Å². The molecule has 0 aliphatic rings. The summed E-state index contributed by atoms with van der Waals surface area (Å²) in [7, 11) is 0. The van der Waals surface area contributed by atoms with E-state index < -0.39 is 0 Å². The van der Waals surface area contributed by atoms with Crippen molar-refractivity contribution in [1.29, 1.82) is 0 Å². The number of nitrogens with two attached hydrogens (primary N) is 1. The minimum absolute atomic E-state index is 0.196. The number of amides is 1. The van der Waals surface area contributed by atoms with E-state index in [1.54, 1.807) is 18.2 Å². The van der Waals surface area contributed by atoms with Gasteiger partial charge in [0.05, 0.1) is 5.69 Å². The first kappa shape index (κ1) is 14.0. The number of aromatic nitrogens is 3. The molecule has 0 aliphatic heterocycles. The van der Waals surface area contributed by atoms with Gasteiger partial charge in [0.15, 0.2) is 0 Å². The van der Waals surface area contributed by atoms with E-state index in [1.807, 2.05) is 13.8 Å². The summed E-state index contributed by atoms with van der Waals surface area (Å²) < 4.78 is 0. The Bertz CT molecular complexity index is 586. The summed E-state index contributed by atoms with van der Waals surface area (Å²) in [6.45, 7) is 4.58. The van der Waals surface area contributed by atoms with Crippen molar-refractivity contribution in [3.8, 4) is 0 Å². The maximum Gasteiger partial charge on any atom is 0.269 e. The Balaban J connectivity index is 1.80. The number of rotatable bonds is 5. The van der Waals surface area contributed by atoms with E-state index in [0.29, 0.717) is 18.1 Å². The Labute approximate surface area is 117 Å². The van der Waals surface area contributed by atoms with Gasteiger partial charge >= 0.3 is 0 Å². The van der Waals surface area contributed by atoms with E-state index in [4.69, 9.17) is 5.73 Å². The third-order valence-corrected chi connectivity index (χ3v) is 3.17. The molecule has 0 unspecified atom stereocenters. The number of hydrogen-bond donors (Lipinski definition) is 3. The van der Waals surface area contributed by atoms with E-state index in [-0.39, 0.29) is 5.91 Å². The minimum atomic E-state index is -0.196. The number of carbonyl (C=O) groups is 1. The summed E-state index contributed by atoms with van der Waals surface area (Å²) in [5.74, 6) is 0.153. The summed E-state index contributed by atoms with van der Waals surface area (Å²) in [5.41, 5.74) is 9.23. The predicted molar refractivity (Wildman–Crippen MR) is 77.4 cm³/mol. The van der Waals surface area contributed by atoms with Crippen molar-refractivity contribution < 1.29 is 4.79 Å². The van der Waals surface area contributed by atoms with Gasteiger partial charge in [0, 0.05) is 12.2 Å². The third-order valence-electron chi connectivity index (χ3n) is 3.17. The van der Waals surface area contributed by atoms with Crippen molar-refractivity contribution in [3.05, 3.63) is 40.8 Å². The zero-order valence-corrected chi connectivity index (χ0v) is 11.7. The Morgan fingerprint density at radius 2 is 2.20 bits per heavy atom. The molecule has 0 aliphatic carbocycles. The molecule has 0 saturated carbocycles. The fourth-order valence-corrected chi connectivity index (χ4v) is 2.08. The van der Waals surface area contributed by atoms with Gasteiger partial charge in [-0.25, -0.2) is 4.98 Å². The summed E-state index contributed by atoms with van der Waals surface area (Å²) in [5, 5.41) is 9.95. The van der Waals surface area contributed by atoms with Crippen LogP contribution in [0.25, 0.3) is 0 Å². The molecule has 2 aromatic rings. The van der Waals surface area contributed by atoms with Crippen molar-refractivity contribution in [2.45, 2.75) is 26.7 Å². The first-order valence-corrected chi connectivity index (χ1v) is 6.59. The molecule has 0 saturated heterocycles. The van der Waals surface area contributed by atoms with Crippen molar-refractivity contribution >= 4 is 11.7 Å². The Morgan fingerprint density at radius 3 is 2.85 bits per heavy atom. The van der Waals surface area contributed by atoms with Crippen LogP contribution in [0.3, 0.4) is 0 Å². The summed E-state index contributed by atoms with van der Waals surface area (Å²) in [4.78, 5) is 15.8. The zero-order chi connectivity index (χ0) is 14.5. The second kappa shape index (κ2) is 6.18. The van der Waals surface area contributed by atoms with Gasteiger partial charge in [-0.1, -0.05) is 6.07 Å². The Kier molecular flexibility index (Phi) is 4.34. The molecule has 2 heterocycles. The highest BCUT2D eigenvalue weighted by molar-refractivity contribution is 5.92. The standard InChI is InChI=1S/C14H19N5O/c1-9-11(10(2)19-18-9)5-4-8-16-14(20)12-6-3-7-13(15)17-12/h3,6-7H,4-5,8H2,1-2H3,(H2,15,17)(H,16,20)(H,18,19). The highest BCUT2D eigenvalue weighted by Crippen LogP contribution is 2.11. The number of nitrogens with one attached hydrogen (secondary N) is 2. The van der Waals surface area contributed by atoms with Crippen molar-refractivity contribution in [3.63, 3.8) is 0 Å². The molecule has 0 fully saturated rings. The summed E-state index contributed by atoms with van der Waals surface area (Å²) >= 11 is 0. The third kappa shape index (κ3) is 3.34. The Hall–Kier alpha value is -2.37. The number of nitrogen functional groups attached to an aromatic ring is 1. The molecule has 6 heteroatoms. The first-order chi connectivity index (χ1) is 9.58. The first-order valence-electron chi connectivity index (χ1n) is 6.59. The highest BCUT2D eigenvalue weighted by Gasteiger charge is 2.08. The van der Waals surface area contributed by atoms with Crippen LogP contribution in [0.4, 0.5) is 5.82 Å². The zero-order valence-electron chi connectivity index (χ0n) is 11.7. The van der Waals surface area contributed by atoms with Crippen LogP contribution in [0.15, 0.2) is 18.2 Å². The number of anilines is 1. The van der Waals surface area contributed by atoms with Crippen LogP contribution in [0, 0.1) is 13.8 Å². The van der Waals surface area contributed by atoms with Gasteiger partial charge < -0.3 is 11.1 Å². The molecule has 2 aromatic heterocycles. The molecule has 0 aromatic carbocycles. The molecule has 0 bridgehead atoms. The number of pyridine rings is 1. The summed E-state index contributed by atoms with van der Waals surface area (Å²) in [6, 6.07) is 5.02. The number of nitrogens with zero attached hydrogens (tertiary/aromatic N) is 2. The lowest BCUT2D eigenvalue weighted by Gasteiger charge is -2.05. The van der Waals surface area contributed by atoms with E-state index in [0.717, 1.165) is 24.2 Å². The van der Waals surface area contributed by atoms with Gasteiger partial charge in [0.1, 0.15) is 11.5 Å². The van der Waals surface area contributed by atoms with Crippen LogP contribution in [-0.4, -0.2) is 27.6 Å². The molecule has 20 heavy (non-hydrogen) atoms. The normalized spacial score (nSPS) is 10.5. The predicted octanol–water partition coefficient (Wildman–Crippen LogP) is 1.37. The van der Waals surface area contributed by atoms with Gasteiger partial charge in [0.2, 0.25) is 0 Å². The average Bonchev–Trinajstić information content (AvgIpc) is 2.74. The van der Waals surface area contributed by atoms with E-state index >= 15 is 0 Å². The van der Waals surface area contributed by atoms with E-state index in [9.17, 15) is 4.79 Å². The van der Waals surface area contributed by atoms with Crippen molar-refractivity contribution in [2.75, 3.05) is 12.3 Å². The van der Waals surface area contributed by atoms with Gasteiger partial charge in [-0.2, -0.15) is 5.10 Å². The fraction of sp³-hybridized carbons (Fsp3) is 0.357. The minimum Gasteiger partial charge on any atom is -0.384 e. The average molecular weight is 273 g/mol. The number of carbonyl (C=O) groups excluding carboxylic acids is 1. The van der Waals surface area contributed by atoms with Crippen LogP contribution < -0.4 is 11.1 Å². The molecular weight excluding hydrogens is 254 g/mol. The topological polar surface area (TPSA) is 96.7 Å². The lowest BCUT2D eigenvalue weighted by atomic mass is 10.1. The number of aryl methyl sites for hydroxylation is 2. The second-order valence-corrected chi connectivity index (χ2v) is 4.72. The molecule has 106 valence electrons.